The summed E-state index contributed by atoms with van der Waals surface area (Å²) < 4.78 is 2.66. The van der Waals surface area contributed by atoms with Gasteiger partial charge in [-0.3, -0.25) is 0 Å². The molecule has 0 aliphatic rings. The van der Waals surface area contributed by atoms with Crippen molar-refractivity contribution in [2.45, 2.75) is 6.92 Å². The number of benzene rings is 4. The van der Waals surface area contributed by atoms with E-state index in [9.17, 15) is 0 Å². The van der Waals surface area contributed by atoms with E-state index in [1.54, 1.807) is 6.20 Å². The molecule has 0 unspecified atom stereocenters. The Bertz CT molecular complexity index is 1640. The van der Waals surface area contributed by atoms with Crippen molar-refractivity contribution < 1.29 is 20.1 Å². The molecular weight excluding hydrogens is 601 g/mol. The molecule has 0 saturated carbocycles. The number of aryl methyl sites for hydroxylation is 1. The van der Waals surface area contributed by atoms with Gasteiger partial charge in [-0.1, -0.05) is 42.0 Å². The predicted octanol–water partition coefficient (Wildman–Crippen LogP) is 7.85. The minimum Gasteiger partial charge on any atom is -0.305 e. The molecule has 0 bridgehead atoms. The van der Waals surface area contributed by atoms with Crippen molar-refractivity contribution in [1.29, 1.82) is 0 Å². The number of rotatable bonds is 1. The summed E-state index contributed by atoms with van der Waals surface area (Å²) in [7, 11) is 0. The molecule has 4 heteroatoms. The van der Waals surface area contributed by atoms with E-state index in [-0.39, 0.29) is 20.1 Å². The Morgan fingerprint density at radius 3 is 2.45 bits per heavy atom. The van der Waals surface area contributed by atoms with Gasteiger partial charge in [0.2, 0.25) is 0 Å². The molecule has 7 rings (SSSR count). The summed E-state index contributed by atoms with van der Waals surface area (Å²) in [5.41, 5.74) is 4.34. The smallest absolute Gasteiger partial charge is 0.0345 e. The van der Waals surface area contributed by atoms with Crippen molar-refractivity contribution in [3.8, 4) is 11.3 Å². The molecule has 7 aromatic rings. The fourth-order valence-electron chi connectivity index (χ4n) is 4.27. The van der Waals surface area contributed by atoms with Crippen LogP contribution < -0.4 is 0 Å². The van der Waals surface area contributed by atoms with Crippen LogP contribution in [-0.2, 0) is 20.1 Å². The number of hydrogen-bond acceptors (Lipinski definition) is 3. The summed E-state index contributed by atoms with van der Waals surface area (Å²) in [6, 6.07) is 33.2. The van der Waals surface area contributed by atoms with Gasteiger partial charge in [-0.05, 0) is 40.2 Å². The largest absolute Gasteiger partial charge is 0.305 e. The molecule has 0 saturated heterocycles. The van der Waals surface area contributed by atoms with Gasteiger partial charge < -0.3 is 9.97 Å². The summed E-state index contributed by atoms with van der Waals surface area (Å²) in [6.07, 6.45) is 3.70. The topological polar surface area (TPSA) is 25.8 Å². The van der Waals surface area contributed by atoms with E-state index >= 15 is 0 Å². The Morgan fingerprint density at radius 1 is 0.758 bits per heavy atom. The minimum absolute atomic E-state index is 0. The number of pyridine rings is 2. The van der Waals surface area contributed by atoms with Gasteiger partial charge in [0.1, 0.15) is 0 Å². The molecule has 0 amide bonds. The quantitative estimate of drug-likeness (QED) is 0.138. The van der Waals surface area contributed by atoms with Crippen LogP contribution in [0.5, 0.6) is 0 Å². The summed E-state index contributed by atoms with van der Waals surface area (Å²) >= 11 is 1.85. The van der Waals surface area contributed by atoms with Crippen molar-refractivity contribution in [3.63, 3.8) is 0 Å². The van der Waals surface area contributed by atoms with Gasteiger partial charge in [0.05, 0.1) is 0 Å². The summed E-state index contributed by atoms with van der Waals surface area (Å²) in [5, 5.41) is 6.39. The van der Waals surface area contributed by atoms with Gasteiger partial charge in [0, 0.05) is 41.9 Å². The summed E-state index contributed by atoms with van der Waals surface area (Å²) in [4.78, 5) is 8.86. The zero-order valence-corrected chi connectivity index (χ0v) is 21.0. The first kappa shape index (κ1) is 21.7. The molecular formula is C29H18IrN2S-2. The van der Waals surface area contributed by atoms with E-state index in [4.69, 9.17) is 0 Å². The van der Waals surface area contributed by atoms with E-state index in [1.165, 1.54) is 36.5 Å². The average Bonchev–Trinajstić information content (AvgIpc) is 3.24. The molecule has 33 heavy (non-hydrogen) atoms. The Labute approximate surface area is 209 Å². The third kappa shape index (κ3) is 3.81. The molecule has 1 radical (unpaired) electrons. The fraction of sp³-hybridized carbons (Fsp3) is 0.0345. The van der Waals surface area contributed by atoms with Crippen molar-refractivity contribution >= 4 is 53.2 Å². The van der Waals surface area contributed by atoms with Gasteiger partial charge in [-0.25, -0.2) is 0 Å². The summed E-state index contributed by atoms with van der Waals surface area (Å²) in [5.74, 6) is 0. The van der Waals surface area contributed by atoms with Crippen LogP contribution >= 0.6 is 11.3 Å². The van der Waals surface area contributed by atoms with Crippen LogP contribution in [0.2, 0.25) is 0 Å². The second kappa shape index (κ2) is 8.99. The molecule has 0 fully saturated rings. The number of aromatic nitrogens is 2. The second-order valence-corrected chi connectivity index (χ2v) is 8.85. The molecule has 3 aromatic heterocycles. The number of thiophene rings is 1. The monoisotopic (exact) mass is 619 g/mol. The molecule has 0 spiro atoms. The standard InChI is InChI=1S/C18H10NS.C11H8N.Ir/c1-10-5-6-12-13(9-10)11-3-2-4-14-16(11)17-15(20-14)7-8-19-18(12)17;1-2-6-10(7-3-1)11-8-4-5-9-12-11;/h2-5,7-9H,1H3;1-6,8-9H;/q2*-1;. The van der Waals surface area contributed by atoms with Crippen LogP contribution in [-0.4, -0.2) is 9.97 Å². The third-order valence-corrected chi connectivity index (χ3v) is 6.79. The molecule has 0 N–H and O–H groups in total. The van der Waals surface area contributed by atoms with Crippen molar-refractivity contribution in [1.82, 2.24) is 9.97 Å². The molecule has 4 aromatic carbocycles. The van der Waals surface area contributed by atoms with Crippen LogP contribution in [0.3, 0.4) is 0 Å². The van der Waals surface area contributed by atoms with Gasteiger partial charge in [0.15, 0.2) is 0 Å². The fourth-order valence-corrected chi connectivity index (χ4v) is 5.39. The Kier molecular flexibility index (Phi) is 5.90. The van der Waals surface area contributed by atoms with Crippen molar-refractivity contribution in [2.24, 2.45) is 0 Å². The predicted molar refractivity (Wildman–Crippen MR) is 135 cm³/mol. The SMILES string of the molecule is Cc1c[c-]c2c(c1)c1cccc3sc4ccnc2c4c31.[Ir].[c-]1ccccc1-c1ccccn1. The Hall–Kier alpha value is -3.17. The Morgan fingerprint density at radius 2 is 1.64 bits per heavy atom. The van der Waals surface area contributed by atoms with E-state index in [1.807, 2.05) is 60.0 Å². The van der Waals surface area contributed by atoms with Gasteiger partial charge in [-0.2, -0.15) is 0 Å². The zero-order valence-electron chi connectivity index (χ0n) is 17.8. The Balaban J connectivity index is 0.000000152. The second-order valence-electron chi connectivity index (χ2n) is 7.77. The average molecular weight is 619 g/mol. The minimum atomic E-state index is 0. The van der Waals surface area contributed by atoms with Crippen molar-refractivity contribution in [3.05, 3.63) is 109 Å². The zero-order chi connectivity index (χ0) is 21.5. The maximum atomic E-state index is 4.64. The first-order valence-corrected chi connectivity index (χ1v) is 11.3. The number of nitrogens with zero attached hydrogens (tertiary/aromatic N) is 2. The molecule has 3 heterocycles. The van der Waals surface area contributed by atoms with Gasteiger partial charge >= 0.3 is 0 Å². The number of fused-ring (bicyclic) bond motifs is 3. The molecule has 2 nitrogen and oxygen atoms in total. The first-order chi connectivity index (χ1) is 15.8. The number of hydrogen-bond donors (Lipinski definition) is 0. The molecule has 0 aliphatic carbocycles. The van der Waals surface area contributed by atoms with E-state index in [0.29, 0.717) is 0 Å². The van der Waals surface area contributed by atoms with Crippen LogP contribution in [0, 0.1) is 19.1 Å². The van der Waals surface area contributed by atoms with Gasteiger partial charge in [-0.15, -0.1) is 76.4 Å². The maximum absolute atomic E-state index is 4.64. The third-order valence-electron chi connectivity index (χ3n) is 5.67. The first-order valence-electron chi connectivity index (χ1n) is 10.5. The maximum Gasteiger partial charge on any atom is 0.0345 e. The van der Waals surface area contributed by atoms with Crippen LogP contribution in [0.25, 0.3) is 53.1 Å². The van der Waals surface area contributed by atoms with Crippen molar-refractivity contribution in [2.75, 3.05) is 0 Å². The van der Waals surface area contributed by atoms with Crippen LogP contribution in [0.1, 0.15) is 5.56 Å². The molecule has 0 aliphatic heterocycles. The van der Waals surface area contributed by atoms with E-state index in [0.717, 1.165) is 22.2 Å². The molecule has 0 atom stereocenters. The summed E-state index contributed by atoms with van der Waals surface area (Å²) in [6.45, 7) is 2.12. The van der Waals surface area contributed by atoms with Gasteiger partial charge in [0.25, 0.3) is 0 Å². The van der Waals surface area contributed by atoms with Crippen LogP contribution in [0.4, 0.5) is 0 Å². The molecule has 161 valence electrons. The van der Waals surface area contributed by atoms with E-state index < -0.39 is 0 Å². The normalized spacial score (nSPS) is 10.9. The van der Waals surface area contributed by atoms with Crippen LogP contribution in [0.15, 0.2) is 91.3 Å². The van der Waals surface area contributed by atoms with E-state index in [2.05, 4.69) is 65.4 Å².